The molecule has 0 spiro atoms. The highest BCUT2D eigenvalue weighted by atomic mass is 32.2. The molecule has 0 amide bonds. The summed E-state index contributed by atoms with van der Waals surface area (Å²) in [6, 6.07) is 9.75. The number of rotatable bonds is 10. The van der Waals surface area contributed by atoms with Crippen molar-refractivity contribution in [2.24, 2.45) is 11.8 Å². The Kier molecular flexibility index (Phi) is 9.10. The number of hydrogen-bond acceptors (Lipinski definition) is 2. The zero-order chi connectivity index (χ0) is 15.7. The summed E-state index contributed by atoms with van der Waals surface area (Å²) >= 11 is 2.07. The zero-order valence-corrected chi connectivity index (χ0v) is 15.3. The van der Waals surface area contributed by atoms with Crippen LogP contribution in [0.3, 0.4) is 0 Å². The van der Waals surface area contributed by atoms with Crippen LogP contribution in [0.2, 0.25) is 0 Å². The van der Waals surface area contributed by atoms with Crippen molar-refractivity contribution < 1.29 is 0 Å². The van der Waals surface area contributed by atoms with E-state index in [1.165, 1.54) is 35.5 Å². The Balaban J connectivity index is 2.63. The van der Waals surface area contributed by atoms with Crippen molar-refractivity contribution in [1.29, 1.82) is 0 Å². The van der Waals surface area contributed by atoms with Crippen LogP contribution in [0.25, 0.3) is 0 Å². The maximum atomic E-state index is 3.70. The number of benzene rings is 1. The Morgan fingerprint density at radius 1 is 0.952 bits per heavy atom. The molecule has 120 valence electrons. The first-order valence-corrected chi connectivity index (χ1v) is 9.58. The largest absolute Gasteiger partial charge is 0.309 e. The van der Waals surface area contributed by atoms with Crippen LogP contribution in [0.5, 0.6) is 0 Å². The summed E-state index contributed by atoms with van der Waals surface area (Å²) in [5.41, 5.74) is 2.89. The van der Waals surface area contributed by atoms with Crippen LogP contribution in [0, 0.1) is 11.8 Å². The molecule has 0 aromatic heterocycles. The molecule has 0 saturated carbocycles. The number of thioether (sulfide) groups is 1. The highest BCUT2D eigenvalue weighted by Gasteiger charge is 2.11. The molecule has 0 heterocycles. The highest BCUT2D eigenvalue weighted by molar-refractivity contribution is 7.99. The maximum absolute atomic E-state index is 3.70. The van der Waals surface area contributed by atoms with Gasteiger partial charge in [-0.15, -0.1) is 0 Å². The minimum Gasteiger partial charge on any atom is -0.309 e. The number of hydrogen-bond donors (Lipinski definition) is 1. The van der Waals surface area contributed by atoms with Gasteiger partial charge >= 0.3 is 0 Å². The quantitative estimate of drug-likeness (QED) is 0.628. The predicted octanol–water partition coefficient (Wildman–Crippen LogP) is 5.32. The van der Waals surface area contributed by atoms with Gasteiger partial charge in [0.25, 0.3) is 0 Å². The smallest absolute Gasteiger partial charge is 0.0411 e. The van der Waals surface area contributed by atoms with Gasteiger partial charge in [-0.25, -0.2) is 0 Å². The first kappa shape index (κ1) is 18.6. The second-order valence-corrected chi connectivity index (χ2v) is 7.85. The average Bonchev–Trinajstić information content (AvgIpc) is 2.42. The molecule has 0 fully saturated rings. The van der Waals surface area contributed by atoms with Crippen molar-refractivity contribution in [1.82, 2.24) is 5.32 Å². The van der Waals surface area contributed by atoms with E-state index in [2.05, 4.69) is 76.0 Å². The Morgan fingerprint density at radius 2 is 1.62 bits per heavy atom. The molecule has 1 aromatic rings. The van der Waals surface area contributed by atoms with Gasteiger partial charge in [0.15, 0.2) is 0 Å². The van der Waals surface area contributed by atoms with Crippen LogP contribution < -0.4 is 5.32 Å². The fourth-order valence-corrected chi connectivity index (χ4v) is 3.52. The summed E-state index contributed by atoms with van der Waals surface area (Å²) in [5.74, 6) is 3.92. The third kappa shape index (κ3) is 7.92. The van der Waals surface area contributed by atoms with Crippen LogP contribution in [0.1, 0.15) is 58.2 Å². The van der Waals surface area contributed by atoms with Crippen LogP contribution >= 0.6 is 11.8 Å². The van der Waals surface area contributed by atoms with Crippen LogP contribution in [-0.4, -0.2) is 18.1 Å². The van der Waals surface area contributed by atoms with Crippen molar-refractivity contribution in [3.63, 3.8) is 0 Å². The third-order valence-electron chi connectivity index (χ3n) is 3.40. The molecular weight excluding hydrogens is 274 g/mol. The van der Waals surface area contributed by atoms with E-state index in [1.807, 2.05) is 0 Å². The van der Waals surface area contributed by atoms with E-state index < -0.39 is 0 Å². The van der Waals surface area contributed by atoms with Gasteiger partial charge in [0.1, 0.15) is 0 Å². The van der Waals surface area contributed by atoms with Crippen LogP contribution in [-0.2, 0) is 6.42 Å². The fourth-order valence-electron chi connectivity index (χ4n) is 2.37. The minimum atomic E-state index is 0.488. The molecule has 1 atom stereocenters. The maximum Gasteiger partial charge on any atom is 0.0411 e. The molecular formula is C19H33NS. The van der Waals surface area contributed by atoms with Gasteiger partial charge < -0.3 is 5.32 Å². The van der Waals surface area contributed by atoms with E-state index in [0.717, 1.165) is 18.4 Å². The van der Waals surface area contributed by atoms with Crippen molar-refractivity contribution in [2.45, 2.75) is 53.5 Å². The first-order chi connectivity index (χ1) is 10.0. The summed E-state index contributed by atoms with van der Waals surface area (Å²) in [6.07, 6.45) is 2.37. The van der Waals surface area contributed by atoms with Crippen molar-refractivity contribution in [3.8, 4) is 0 Å². The molecule has 0 bridgehead atoms. The van der Waals surface area contributed by atoms with Gasteiger partial charge in [-0.3, -0.25) is 0 Å². The zero-order valence-electron chi connectivity index (χ0n) is 14.5. The lowest BCUT2D eigenvalue weighted by molar-refractivity contribution is 0.576. The molecule has 21 heavy (non-hydrogen) atoms. The van der Waals surface area contributed by atoms with Crippen molar-refractivity contribution >= 4 is 11.8 Å². The van der Waals surface area contributed by atoms with Crippen molar-refractivity contribution in [3.05, 3.63) is 35.4 Å². The van der Waals surface area contributed by atoms with Crippen LogP contribution in [0.15, 0.2) is 24.3 Å². The minimum absolute atomic E-state index is 0.488. The van der Waals surface area contributed by atoms with Crippen molar-refractivity contribution in [2.75, 3.05) is 18.1 Å². The molecule has 1 aromatic carbocycles. The van der Waals surface area contributed by atoms with E-state index in [9.17, 15) is 0 Å². The lowest BCUT2D eigenvalue weighted by Gasteiger charge is -2.20. The molecule has 1 nitrogen and oxygen atoms in total. The lowest BCUT2D eigenvalue weighted by Crippen LogP contribution is -2.24. The monoisotopic (exact) mass is 307 g/mol. The van der Waals surface area contributed by atoms with Crippen LogP contribution in [0.4, 0.5) is 0 Å². The first-order valence-electron chi connectivity index (χ1n) is 8.42. The van der Waals surface area contributed by atoms with Gasteiger partial charge in [-0.05, 0) is 48.1 Å². The summed E-state index contributed by atoms with van der Waals surface area (Å²) in [4.78, 5) is 0. The van der Waals surface area contributed by atoms with E-state index in [4.69, 9.17) is 0 Å². The third-order valence-corrected chi connectivity index (χ3v) is 4.87. The normalized spacial score (nSPS) is 13.1. The van der Waals surface area contributed by atoms with Gasteiger partial charge in [0.05, 0.1) is 0 Å². The summed E-state index contributed by atoms with van der Waals surface area (Å²) in [7, 11) is 0. The SMILES string of the molecule is CCCNC(CSCC(C)C)c1ccc(CC(C)C)cc1. The lowest BCUT2D eigenvalue weighted by atomic mass is 10.00. The Morgan fingerprint density at radius 3 is 2.14 bits per heavy atom. The second-order valence-electron chi connectivity index (χ2n) is 6.78. The Labute approximate surface area is 136 Å². The molecule has 1 N–H and O–H groups in total. The summed E-state index contributed by atoms with van der Waals surface area (Å²) in [6.45, 7) is 12.5. The Hall–Kier alpha value is -0.470. The molecule has 2 heteroatoms. The molecule has 1 rings (SSSR count). The Bertz CT molecular complexity index is 370. The standard InChI is InChI=1S/C19H33NS/c1-6-11-20-19(14-21-13-16(4)5)18-9-7-17(8-10-18)12-15(2)3/h7-10,15-16,19-20H,6,11-14H2,1-5H3. The molecule has 1 unspecified atom stereocenters. The average molecular weight is 308 g/mol. The fraction of sp³-hybridized carbons (Fsp3) is 0.684. The van der Waals surface area contributed by atoms with Gasteiger partial charge in [0, 0.05) is 11.8 Å². The summed E-state index contributed by atoms with van der Waals surface area (Å²) < 4.78 is 0. The molecule has 0 radical (unpaired) electrons. The molecule has 0 saturated heterocycles. The topological polar surface area (TPSA) is 12.0 Å². The predicted molar refractivity (Wildman–Crippen MR) is 98.2 cm³/mol. The van der Waals surface area contributed by atoms with E-state index in [-0.39, 0.29) is 0 Å². The van der Waals surface area contributed by atoms with E-state index in [1.54, 1.807) is 0 Å². The van der Waals surface area contributed by atoms with Gasteiger partial charge in [0.2, 0.25) is 0 Å². The number of nitrogens with one attached hydrogen (secondary N) is 1. The summed E-state index contributed by atoms with van der Waals surface area (Å²) in [5, 5.41) is 3.70. The highest BCUT2D eigenvalue weighted by Crippen LogP contribution is 2.21. The second kappa shape index (κ2) is 10.3. The van der Waals surface area contributed by atoms with E-state index in [0.29, 0.717) is 6.04 Å². The molecule has 0 aliphatic heterocycles. The molecule has 0 aliphatic rings. The van der Waals surface area contributed by atoms with E-state index >= 15 is 0 Å². The van der Waals surface area contributed by atoms with Gasteiger partial charge in [-0.2, -0.15) is 11.8 Å². The van der Waals surface area contributed by atoms with Gasteiger partial charge in [-0.1, -0.05) is 58.9 Å². The molecule has 0 aliphatic carbocycles.